The van der Waals surface area contributed by atoms with E-state index in [1.807, 2.05) is 30.3 Å². The van der Waals surface area contributed by atoms with Crippen LogP contribution in [0.4, 0.5) is 5.95 Å². The van der Waals surface area contributed by atoms with Gasteiger partial charge < -0.3 is 19.5 Å². The Balaban J connectivity index is 1.75. The van der Waals surface area contributed by atoms with Gasteiger partial charge in [-0.1, -0.05) is 29.4 Å². The van der Waals surface area contributed by atoms with Gasteiger partial charge in [0, 0.05) is 5.56 Å². The minimum Gasteiger partial charge on any atom is -0.497 e. The number of nitrogens with zero attached hydrogens (tertiary/aromatic N) is 4. The molecule has 8 nitrogen and oxygen atoms in total. The molecule has 3 aromatic rings. The van der Waals surface area contributed by atoms with Gasteiger partial charge in [0.2, 0.25) is 5.95 Å². The monoisotopic (exact) mass is 367 g/mol. The van der Waals surface area contributed by atoms with E-state index in [0.717, 1.165) is 23.3 Å². The fourth-order valence-corrected chi connectivity index (χ4v) is 3.53. The molecule has 0 fully saturated rings. The Morgan fingerprint density at radius 3 is 2.52 bits per heavy atom. The number of ether oxygens (including phenoxy) is 3. The van der Waals surface area contributed by atoms with E-state index in [1.54, 1.807) is 26.0 Å². The summed E-state index contributed by atoms with van der Waals surface area (Å²) in [5.41, 5.74) is 2.11. The van der Waals surface area contributed by atoms with Crippen LogP contribution in [0, 0.1) is 0 Å². The third kappa shape index (κ3) is 3.03. The van der Waals surface area contributed by atoms with Crippen LogP contribution in [0.2, 0.25) is 0 Å². The molecule has 2 atom stereocenters. The van der Waals surface area contributed by atoms with Crippen molar-refractivity contribution in [1.82, 2.24) is 20.2 Å². The lowest BCUT2D eigenvalue weighted by Gasteiger charge is -2.32. The number of aromatic nitrogens is 4. The molecule has 1 aromatic heterocycles. The molecule has 2 heterocycles. The van der Waals surface area contributed by atoms with E-state index in [1.165, 1.54) is 0 Å². The minimum absolute atomic E-state index is 0.0512. The van der Waals surface area contributed by atoms with Gasteiger partial charge in [-0.05, 0) is 40.6 Å². The predicted molar refractivity (Wildman–Crippen MR) is 99.5 cm³/mol. The van der Waals surface area contributed by atoms with Crippen molar-refractivity contribution in [3.63, 3.8) is 0 Å². The molecule has 1 N–H and O–H groups in total. The van der Waals surface area contributed by atoms with Gasteiger partial charge in [0.1, 0.15) is 5.75 Å². The summed E-state index contributed by atoms with van der Waals surface area (Å²) in [5.74, 6) is 2.83. The number of benzene rings is 2. The van der Waals surface area contributed by atoms with Gasteiger partial charge in [-0.25, -0.2) is 4.68 Å². The highest BCUT2D eigenvalue weighted by molar-refractivity contribution is 5.50. The van der Waals surface area contributed by atoms with Crippen LogP contribution in [0.25, 0.3) is 0 Å². The molecule has 4 rings (SSSR count). The Morgan fingerprint density at radius 2 is 1.81 bits per heavy atom. The lowest BCUT2D eigenvalue weighted by Crippen LogP contribution is -2.28. The van der Waals surface area contributed by atoms with Crippen LogP contribution >= 0.6 is 0 Å². The molecule has 0 saturated carbocycles. The molecule has 0 saturated heterocycles. The smallest absolute Gasteiger partial charge is 0.243 e. The number of anilines is 1. The van der Waals surface area contributed by atoms with Gasteiger partial charge in [0.25, 0.3) is 0 Å². The molecular formula is C19H21N5O3. The average Bonchev–Trinajstić information content (AvgIpc) is 3.21. The molecule has 1 aliphatic heterocycles. The Morgan fingerprint density at radius 1 is 1.00 bits per heavy atom. The van der Waals surface area contributed by atoms with Gasteiger partial charge in [0.05, 0.1) is 33.4 Å². The first-order valence-electron chi connectivity index (χ1n) is 8.64. The third-order valence-electron chi connectivity index (χ3n) is 4.86. The number of fused-ring (bicyclic) bond motifs is 1. The number of methoxy groups -OCH3 is 3. The molecule has 140 valence electrons. The lowest BCUT2D eigenvalue weighted by atomic mass is 9.92. The van der Waals surface area contributed by atoms with Crippen molar-refractivity contribution in [2.45, 2.75) is 18.5 Å². The van der Waals surface area contributed by atoms with E-state index in [9.17, 15) is 0 Å². The molecule has 0 spiro atoms. The molecule has 0 unspecified atom stereocenters. The van der Waals surface area contributed by atoms with E-state index >= 15 is 0 Å². The highest BCUT2D eigenvalue weighted by Gasteiger charge is 2.33. The second-order valence-electron chi connectivity index (χ2n) is 6.25. The van der Waals surface area contributed by atoms with Crippen molar-refractivity contribution in [3.05, 3.63) is 53.6 Å². The molecule has 0 amide bonds. The number of rotatable bonds is 5. The van der Waals surface area contributed by atoms with E-state index < -0.39 is 0 Å². The predicted octanol–water partition coefficient (Wildman–Crippen LogP) is 2.85. The Labute approximate surface area is 157 Å². The SMILES string of the molecule is COc1ccc([C@@H]2C[C@@H](c3cccc(OC)c3OC)n3nnnc3N2)cc1. The number of nitrogens with one attached hydrogen (secondary N) is 1. The molecule has 8 heteroatoms. The van der Waals surface area contributed by atoms with E-state index in [4.69, 9.17) is 14.2 Å². The lowest BCUT2D eigenvalue weighted by molar-refractivity contribution is 0.339. The topological polar surface area (TPSA) is 83.3 Å². The number of para-hydroxylation sites is 1. The minimum atomic E-state index is -0.0894. The van der Waals surface area contributed by atoms with Crippen LogP contribution in [0.15, 0.2) is 42.5 Å². The Hall–Kier alpha value is -3.29. The summed E-state index contributed by atoms with van der Waals surface area (Å²) in [7, 11) is 4.93. The zero-order valence-corrected chi connectivity index (χ0v) is 15.4. The van der Waals surface area contributed by atoms with Crippen LogP contribution in [0.1, 0.15) is 29.6 Å². The van der Waals surface area contributed by atoms with Gasteiger partial charge in [-0.3, -0.25) is 0 Å². The molecule has 0 bridgehead atoms. The van der Waals surface area contributed by atoms with Gasteiger partial charge in [-0.2, -0.15) is 0 Å². The fourth-order valence-electron chi connectivity index (χ4n) is 3.53. The largest absolute Gasteiger partial charge is 0.497 e. The summed E-state index contributed by atoms with van der Waals surface area (Å²) in [6.45, 7) is 0. The Bertz CT molecular complexity index is 925. The summed E-state index contributed by atoms with van der Waals surface area (Å²) < 4.78 is 18.1. The second-order valence-corrected chi connectivity index (χ2v) is 6.25. The molecule has 0 aliphatic carbocycles. The van der Waals surface area contributed by atoms with Crippen LogP contribution in [0.3, 0.4) is 0 Å². The summed E-state index contributed by atoms with van der Waals surface area (Å²) in [5, 5.41) is 15.6. The van der Waals surface area contributed by atoms with Crippen LogP contribution in [0.5, 0.6) is 17.2 Å². The first kappa shape index (κ1) is 17.1. The maximum absolute atomic E-state index is 5.64. The molecule has 2 aromatic carbocycles. The maximum atomic E-state index is 5.64. The van der Waals surface area contributed by atoms with Crippen molar-refractivity contribution in [2.24, 2.45) is 0 Å². The fraction of sp³-hybridized carbons (Fsp3) is 0.316. The summed E-state index contributed by atoms with van der Waals surface area (Å²) in [6.07, 6.45) is 0.758. The standard InChI is InChI=1S/C19H21N5O3/c1-25-13-9-7-12(8-10-13)15-11-16(24-19(20-15)21-22-23-24)14-5-4-6-17(26-2)18(14)27-3/h4-10,15-16H,11H2,1-3H3,(H,20,21,23)/t15-,16-/m0/s1. The summed E-state index contributed by atoms with van der Waals surface area (Å²) in [4.78, 5) is 0. The van der Waals surface area contributed by atoms with E-state index in [2.05, 4.69) is 33.0 Å². The molecule has 27 heavy (non-hydrogen) atoms. The van der Waals surface area contributed by atoms with Gasteiger partial charge in [0.15, 0.2) is 11.5 Å². The number of hydrogen-bond acceptors (Lipinski definition) is 7. The normalized spacial score (nSPS) is 18.3. The van der Waals surface area contributed by atoms with Gasteiger partial charge in [-0.15, -0.1) is 0 Å². The Kier molecular flexibility index (Phi) is 4.53. The highest BCUT2D eigenvalue weighted by Crippen LogP contribution is 2.43. The van der Waals surface area contributed by atoms with Gasteiger partial charge >= 0.3 is 0 Å². The van der Waals surface area contributed by atoms with Crippen molar-refractivity contribution in [2.75, 3.05) is 26.6 Å². The molecule has 1 aliphatic rings. The number of hydrogen-bond donors (Lipinski definition) is 1. The van der Waals surface area contributed by atoms with Crippen LogP contribution in [-0.2, 0) is 0 Å². The number of tetrazole rings is 1. The first-order valence-corrected chi connectivity index (χ1v) is 8.64. The molecular weight excluding hydrogens is 346 g/mol. The average molecular weight is 367 g/mol. The first-order chi connectivity index (χ1) is 13.2. The van der Waals surface area contributed by atoms with Crippen molar-refractivity contribution < 1.29 is 14.2 Å². The molecule has 0 radical (unpaired) electrons. The van der Waals surface area contributed by atoms with Crippen molar-refractivity contribution in [1.29, 1.82) is 0 Å². The van der Waals surface area contributed by atoms with Crippen molar-refractivity contribution >= 4 is 5.95 Å². The summed E-state index contributed by atoms with van der Waals surface area (Å²) in [6, 6.07) is 13.8. The second kappa shape index (κ2) is 7.14. The maximum Gasteiger partial charge on any atom is 0.243 e. The van der Waals surface area contributed by atoms with E-state index in [-0.39, 0.29) is 12.1 Å². The summed E-state index contributed by atoms with van der Waals surface area (Å²) >= 11 is 0. The quantitative estimate of drug-likeness (QED) is 0.742. The third-order valence-corrected chi connectivity index (χ3v) is 4.86. The highest BCUT2D eigenvalue weighted by atomic mass is 16.5. The van der Waals surface area contributed by atoms with Crippen LogP contribution < -0.4 is 19.5 Å². The van der Waals surface area contributed by atoms with Crippen LogP contribution in [-0.4, -0.2) is 41.5 Å². The zero-order valence-electron chi connectivity index (χ0n) is 15.4. The zero-order chi connectivity index (χ0) is 18.8. The van der Waals surface area contributed by atoms with Crippen molar-refractivity contribution in [3.8, 4) is 17.2 Å². The van der Waals surface area contributed by atoms with E-state index in [0.29, 0.717) is 17.4 Å².